The van der Waals surface area contributed by atoms with Crippen molar-refractivity contribution in [2.45, 2.75) is 24.7 Å². The van der Waals surface area contributed by atoms with Crippen molar-refractivity contribution in [1.29, 1.82) is 0 Å². The summed E-state index contributed by atoms with van der Waals surface area (Å²) in [6.45, 7) is 0. The van der Waals surface area contributed by atoms with Crippen LogP contribution in [0.25, 0.3) is 16.9 Å². The van der Waals surface area contributed by atoms with Crippen LogP contribution in [0, 0.1) is 0 Å². The van der Waals surface area contributed by atoms with Crippen LogP contribution in [0.2, 0.25) is 0 Å². The van der Waals surface area contributed by atoms with Gasteiger partial charge in [0.2, 0.25) is 5.82 Å². The molecule has 0 radical (unpaired) electrons. The minimum absolute atomic E-state index is 0.130. The number of aromatic nitrogens is 4. The molecular weight excluding hydrogens is 312 g/mol. The summed E-state index contributed by atoms with van der Waals surface area (Å²) in [6, 6.07) is 6.55. The van der Waals surface area contributed by atoms with Gasteiger partial charge in [0.05, 0.1) is 17.8 Å². The zero-order valence-corrected chi connectivity index (χ0v) is 11.6. The van der Waals surface area contributed by atoms with E-state index in [0.29, 0.717) is 16.8 Å². The Labute approximate surface area is 127 Å². The molecule has 1 fully saturated rings. The Morgan fingerprint density at radius 2 is 1.83 bits per heavy atom. The van der Waals surface area contributed by atoms with Crippen LogP contribution in [-0.2, 0) is 0 Å². The molecule has 0 N–H and O–H groups in total. The molecule has 1 aromatic carbocycles. The Morgan fingerprint density at radius 3 is 2.43 bits per heavy atom. The van der Waals surface area contributed by atoms with Gasteiger partial charge in [0.15, 0.2) is 5.65 Å². The van der Waals surface area contributed by atoms with Crippen molar-refractivity contribution in [3.63, 3.8) is 0 Å². The molecule has 0 amide bonds. The highest BCUT2D eigenvalue weighted by molar-refractivity contribution is 5.60. The third kappa shape index (κ3) is 2.34. The second-order valence-corrected chi connectivity index (χ2v) is 5.50. The first-order valence-corrected chi connectivity index (χ1v) is 6.93. The molecule has 4 nitrogen and oxygen atoms in total. The lowest BCUT2D eigenvalue weighted by Crippen LogP contribution is -1.97. The summed E-state index contributed by atoms with van der Waals surface area (Å²) < 4.78 is 53.0. The fourth-order valence-electron chi connectivity index (χ4n) is 2.58. The van der Waals surface area contributed by atoms with Gasteiger partial charge in [0.25, 0.3) is 12.3 Å². The highest BCUT2D eigenvalue weighted by atomic mass is 19.3. The van der Waals surface area contributed by atoms with E-state index in [1.807, 2.05) is 0 Å². The standard InChI is InChI=1S/C15H10F4N4/c16-13(17)14-22-21-12-6-20-11(7-23(12)14)9-3-1-8(2-4-9)10-5-15(10,18)19/h1-4,6-7,10,13H,5H2. The van der Waals surface area contributed by atoms with Crippen LogP contribution in [-0.4, -0.2) is 25.5 Å². The third-order valence-corrected chi connectivity index (χ3v) is 3.95. The fraction of sp³-hybridized carbons (Fsp3) is 0.267. The molecule has 1 unspecified atom stereocenters. The lowest BCUT2D eigenvalue weighted by Gasteiger charge is -2.05. The van der Waals surface area contributed by atoms with Gasteiger partial charge < -0.3 is 0 Å². The predicted octanol–water partition coefficient (Wildman–Crippen LogP) is 3.85. The second-order valence-electron chi connectivity index (χ2n) is 5.50. The smallest absolute Gasteiger partial charge is 0.278 e. The van der Waals surface area contributed by atoms with Crippen molar-refractivity contribution in [1.82, 2.24) is 19.6 Å². The number of halogens is 4. The Hall–Kier alpha value is -2.51. The fourth-order valence-corrected chi connectivity index (χ4v) is 2.58. The zero-order valence-electron chi connectivity index (χ0n) is 11.6. The largest absolute Gasteiger partial charge is 0.297 e. The van der Waals surface area contributed by atoms with Crippen LogP contribution in [0.5, 0.6) is 0 Å². The number of hydrogen-bond acceptors (Lipinski definition) is 3. The first-order valence-electron chi connectivity index (χ1n) is 6.93. The summed E-state index contributed by atoms with van der Waals surface area (Å²) in [7, 11) is 0. The monoisotopic (exact) mass is 322 g/mol. The van der Waals surface area contributed by atoms with Gasteiger partial charge >= 0.3 is 0 Å². The maximum Gasteiger partial charge on any atom is 0.297 e. The average Bonchev–Trinajstić information content (AvgIpc) is 2.97. The maximum absolute atomic E-state index is 13.1. The molecule has 0 bridgehead atoms. The van der Waals surface area contributed by atoms with E-state index in [1.165, 1.54) is 16.8 Å². The van der Waals surface area contributed by atoms with Crippen molar-refractivity contribution in [3.8, 4) is 11.3 Å². The second kappa shape index (κ2) is 4.74. The van der Waals surface area contributed by atoms with Crippen LogP contribution in [0.3, 0.4) is 0 Å². The molecule has 8 heteroatoms. The molecule has 0 aliphatic heterocycles. The number of nitrogens with zero attached hydrogens (tertiary/aromatic N) is 4. The van der Waals surface area contributed by atoms with E-state index in [-0.39, 0.29) is 12.1 Å². The normalized spacial score (nSPS) is 19.4. The van der Waals surface area contributed by atoms with Gasteiger partial charge in [0.1, 0.15) is 0 Å². The van der Waals surface area contributed by atoms with Crippen molar-refractivity contribution >= 4 is 5.65 Å². The van der Waals surface area contributed by atoms with Gasteiger partial charge in [-0.1, -0.05) is 24.3 Å². The summed E-state index contributed by atoms with van der Waals surface area (Å²) in [4.78, 5) is 4.15. The van der Waals surface area contributed by atoms with Gasteiger partial charge in [-0.05, 0) is 5.56 Å². The topological polar surface area (TPSA) is 43.1 Å². The number of benzene rings is 1. The Bertz CT molecular complexity index is 873. The Morgan fingerprint density at radius 1 is 1.13 bits per heavy atom. The zero-order chi connectivity index (χ0) is 16.2. The van der Waals surface area contributed by atoms with Gasteiger partial charge in [0, 0.05) is 18.2 Å². The number of rotatable bonds is 3. The number of alkyl halides is 4. The number of hydrogen-bond donors (Lipinski definition) is 0. The summed E-state index contributed by atoms with van der Waals surface area (Å²) in [5.74, 6) is -3.80. The lowest BCUT2D eigenvalue weighted by atomic mass is 10.1. The van der Waals surface area contributed by atoms with E-state index in [1.54, 1.807) is 24.3 Å². The summed E-state index contributed by atoms with van der Waals surface area (Å²) in [6.07, 6.45) is -0.122. The molecule has 23 heavy (non-hydrogen) atoms. The molecule has 1 aliphatic carbocycles. The molecule has 4 rings (SSSR count). The molecule has 2 heterocycles. The SMILES string of the molecule is FC(F)c1nnc2cnc(-c3ccc(C4CC4(F)F)cc3)cn12. The molecule has 1 atom stereocenters. The molecule has 2 aromatic heterocycles. The Balaban J connectivity index is 1.70. The van der Waals surface area contributed by atoms with Crippen molar-refractivity contribution in [2.24, 2.45) is 0 Å². The summed E-state index contributed by atoms with van der Waals surface area (Å²) in [5.41, 5.74) is 1.87. The molecular formula is C15H10F4N4. The first-order chi connectivity index (χ1) is 11.0. The Kier molecular flexibility index (Phi) is 2.91. The van der Waals surface area contributed by atoms with E-state index in [4.69, 9.17) is 0 Å². The highest BCUT2D eigenvalue weighted by Crippen LogP contribution is 2.55. The van der Waals surface area contributed by atoms with E-state index in [2.05, 4.69) is 15.2 Å². The van der Waals surface area contributed by atoms with Crippen molar-refractivity contribution in [2.75, 3.05) is 0 Å². The molecule has 0 saturated heterocycles. The highest BCUT2D eigenvalue weighted by Gasteiger charge is 2.57. The minimum atomic E-state index is -2.75. The van der Waals surface area contributed by atoms with Crippen LogP contribution in [0.1, 0.15) is 30.2 Å². The molecule has 1 aliphatic rings. The predicted molar refractivity (Wildman–Crippen MR) is 73.5 cm³/mol. The molecule has 0 spiro atoms. The third-order valence-electron chi connectivity index (χ3n) is 3.95. The van der Waals surface area contributed by atoms with E-state index >= 15 is 0 Å². The molecule has 118 valence electrons. The van der Waals surface area contributed by atoms with Crippen LogP contribution in [0.4, 0.5) is 17.6 Å². The van der Waals surface area contributed by atoms with Gasteiger partial charge in [-0.25, -0.2) is 17.6 Å². The summed E-state index contributed by atoms with van der Waals surface area (Å²) >= 11 is 0. The van der Waals surface area contributed by atoms with Gasteiger partial charge in [-0.3, -0.25) is 9.38 Å². The maximum atomic E-state index is 13.1. The quantitative estimate of drug-likeness (QED) is 0.688. The van der Waals surface area contributed by atoms with E-state index in [0.717, 1.165) is 0 Å². The van der Waals surface area contributed by atoms with Crippen LogP contribution < -0.4 is 0 Å². The molecule has 3 aromatic rings. The van der Waals surface area contributed by atoms with Gasteiger partial charge in [-0.2, -0.15) is 0 Å². The van der Waals surface area contributed by atoms with Gasteiger partial charge in [-0.15, -0.1) is 10.2 Å². The minimum Gasteiger partial charge on any atom is -0.278 e. The lowest BCUT2D eigenvalue weighted by molar-refractivity contribution is 0.112. The van der Waals surface area contributed by atoms with Crippen molar-refractivity contribution in [3.05, 3.63) is 48.0 Å². The first kappa shape index (κ1) is 14.1. The van der Waals surface area contributed by atoms with E-state index < -0.39 is 24.1 Å². The van der Waals surface area contributed by atoms with Crippen LogP contribution >= 0.6 is 0 Å². The van der Waals surface area contributed by atoms with Crippen molar-refractivity contribution < 1.29 is 17.6 Å². The molecule has 1 saturated carbocycles. The van der Waals surface area contributed by atoms with Crippen LogP contribution in [0.15, 0.2) is 36.7 Å². The average molecular weight is 322 g/mol. The summed E-state index contributed by atoms with van der Waals surface area (Å²) in [5, 5.41) is 7.05. The van der Waals surface area contributed by atoms with E-state index in [9.17, 15) is 17.6 Å². The number of fused-ring (bicyclic) bond motifs is 1.